The minimum Gasteiger partial charge on any atom is -0.0888 e. The Morgan fingerprint density at radius 1 is 0.357 bits per heavy atom. The van der Waals surface area contributed by atoms with Crippen LogP contribution >= 0.6 is 11.8 Å². The Balaban J connectivity index is 1.25. The molecule has 0 fully saturated rings. The third kappa shape index (κ3) is 2.75. The molecule has 0 saturated heterocycles. The van der Waals surface area contributed by atoms with E-state index in [9.17, 15) is 0 Å². The van der Waals surface area contributed by atoms with E-state index in [1.165, 1.54) is 87.3 Å². The summed E-state index contributed by atoms with van der Waals surface area (Å²) in [5.41, 5.74) is 15.8. The van der Waals surface area contributed by atoms with Gasteiger partial charge in [-0.3, -0.25) is 0 Å². The highest BCUT2D eigenvalue weighted by molar-refractivity contribution is 7.99. The topological polar surface area (TPSA) is 0 Å². The van der Waals surface area contributed by atoms with E-state index in [-0.39, 0.29) is 5.41 Å². The molecule has 0 N–H and O–H groups in total. The average molecular weight is 549 g/mol. The molecule has 3 aliphatic rings. The molecule has 1 aliphatic heterocycles. The lowest BCUT2D eigenvalue weighted by Crippen LogP contribution is -2.25. The quantitative estimate of drug-likeness (QED) is 0.197. The second-order valence-electron chi connectivity index (χ2n) is 11.6. The first-order chi connectivity index (χ1) is 20.8. The zero-order valence-corrected chi connectivity index (χ0v) is 23.6. The number of rotatable bonds is 1. The van der Waals surface area contributed by atoms with Crippen LogP contribution in [-0.2, 0) is 5.41 Å². The van der Waals surface area contributed by atoms with Crippen molar-refractivity contribution in [3.8, 4) is 44.5 Å². The molecule has 0 saturated carbocycles. The maximum atomic E-state index is 2.49. The van der Waals surface area contributed by atoms with E-state index in [1.54, 1.807) is 0 Å². The van der Waals surface area contributed by atoms with E-state index in [0.717, 1.165) is 0 Å². The van der Waals surface area contributed by atoms with Gasteiger partial charge < -0.3 is 0 Å². The number of fused-ring (bicyclic) bond motifs is 12. The van der Waals surface area contributed by atoms with Crippen LogP contribution in [0.5, 0.6) is 0 Å². The zero-order chi connectivity index (χ0) is 27.4. The molecule has 1 heteroatoms. The Labute approximate surface area is 249 Å². The molecular formula is C41H24S. The fourth-order valence-corrected chi connectivity index (χ4v) is 9.22. The van der Waals surface area contributed by atoms with Gasteiger partial charge in [-0.15, -0.1) is 0 Å². The lowest BCUT2D eigenvalue weighted by molar-refractivity contribution is 0.794. The van der Waals surface area contributed by atoms with Crippen molar-refractivity contribution in [2.75, 3.05) is 0 Å². The van der Waals surface area contributed by atoms with Crippen molar-refractivity contribution in [3.05, 3.63) is 168 Å². The Bertz CT molecular complexity index is 2230. The minimum atomic E-state index is -0.318. The van der Waals surface area contributed by atoms with Crippen LogP contribution in [0.4, 0.5) is 0 Å². The van der Waals surface area contributed by atoms with Crippen molar-refractivity contribution in [2.45, 2.75) is 15.2 Å². The summed E-state index contributed by atoms with van der Waals surface area (Å²) in [6.07, 6.45) is 0. The summed E-state index contributed by atoms with van der Waals surface area (Å²) in [4.78, 5) is 2.67. The Morgan fingerprint density at radius 2 is 0.929 bits per heavy atom. The van der Waals surface area contributed by atoms with Crippen LogP contribution in [0.3, 0.4) is 0 Å². The number of benzene rings is 7. The third-order valence-electron chi connectivity index (χ3n) is 9.67. The Kier molecular flexibility index (Phi) is 4.41. The van der Waals surface area contributed by atoms with E-state index >= 15 is 0 Å². The molecule has 42 heavy (non-hydrogen) atoms. The molecular weight excluding hydrogens is 525 g/mol. The number of hydrogen-bond acceptors (Lipinski definition) is 1. The van der Waals surface area contributed by atoms with Gasteiger partial charge in [0.2, 0.25) is 0 Å². The van der Waals surface area contributed by atoms with Crippen LogP contribution in [0, 0.1) is 0 Å². The van der Waals surface area contributed by atoms with Crippen LogP contribution in [0.15, 0.2) is 155 Å². The van der Waals surface area contributed by atoms with Crippen molar-refractivity contribution in [2.24, 2.45) is 0 Å². The molecule has 0 nitrogen and oxygen atoms in total. The minimum absolute atomic E-state index is 0.318. The first-order valence-corrected chi connectivity index (χ1v) is 15.4. The summed E-state index contributed by atoms with van der Waals surface area (Å²) in [5.74, 6) is 0. The highest BCUT2D eigenvalue weighted by Crippen LogP contribution is 2.63. The molecule has 10 rings (SSSR count). The lowest BCUT2D eigenvalue weighted by Gasteiger charge is -2.30. The van der Waals surface area contributed by atoms with Crippen LogP contribution in [0.1, 0.15) is 22.3 Å². The standard InChI is InChI=1S/C41H24S/c1-5-16-34-28(11-1)29-12-2-6-17-35(29)41(34)36-18-7-3-13-30(36)31-21-20-25(23-37(31)41)27-22-26-10-9-15-33-32-14-4-8-19-38(32)42-39(24-27)40(26)33/h1-24H. The molecule has 7 aromatic carbocycles. The largest absolute Gasteiger partial charge is 0.0888 e. The predicted molar refractivity (Wildman–Crippen MR) is 175 cm³/mol. The van der Waals surface area contributed by atoms with Gasteiger partial charge in [-0.05, 0) is 96.4 Å². The third-order valence-corrected chi connectivity index (χ3v) is 10.8. The van der Waals surface area contributed by atoms with Gasteiger partial charge >= 0.3 is 0 Å². The van der Waals surface area contributed by atoms with Gasteiger partial charge in [0.15, 0.2) is 0 Å². The highest BCUT2D eigenvalue weighted by Gasteiger charge is 2.51. The molecule has 2 aliphatic carbocycles. The molecule has 7 aromatic rings. The number of hydrogen-bond donors (Lipinski definition) is 0. The van der Waals surface area contributed by atoms with Crippen LogP contribution < -0.4 is 0 Å². The van der Waals surface area contributed by atoms with E-state index in [2.05, 4.69) is 146 Å². The van der Waals surface area contributed by atoms with Gasteiger partial charge in [0.25, 0.3) is 0 Å². The van der Waals surface area contributed by atoms with Crippen molar-refractivity contribution >= 4 is 22.5 Å². The predicted octanol–water partition coefficient (Wildman–Crippen LogP) is 11.0. The zero-order valence-electron chi connectivity index (χ0n) is 22.8. The van der Waals surface area contributed by atoms with Gasteiger partial charge in [0.05, 0.1) is 5.41 Å². The van der Waals surface area contributed by atoms with Crippen LogP contribution in [0.25, 0.3) is 55.3 Å². The molecule has 194 valence electrons. The van der Waals surface area contributed by atoms with Crippen molar-refractivity contribution in [1.29, 1.82) is 0 Å². The van der Waals surface area contributed by atoms with Crippen molar-refractivity contribution in [1.82, 2.24) is 0 Å². The van der Waals surface area contributed by atoms with Gasteiger partial charge in [0, 0.05) is 15.2 Å². The SMILES string of the molecule is c1ccc2c(c1)Sc1cc(-c3ccc4c(c3)C3(c5ccccc5-c5ccccc53)c3ccccc3-4)cc3cccc-2c13. The molecule has 0 aromatic heterocycles. The van der Waals surface area contributed by atoms with Crippen molar-refractivity contribution in [3.63, 3.8) is 0 Å². The van der Waals surface area contributed by atoms with Crippen molar-refractivity contribution < 1.29 is 0 Å². The van der Waals surface area contributed by atoms with E-state index < -0.39 is 0 Å². The smallest absolute Gasteiger partial charge is 0.0725 e. The summed E-state index contributed by atoms with van der Waals surface area (Å²) in [5, 5.41) is 2.67. The molecule has 1 spiro atoms. The fourth-order valence-electron chi connectivity index (χ4n) is 8.03. The molecule has 0 atom stereocenters. The molecule has 0 amide bonds. The molecule has 1 heterocycles. The van der Waals surface area contributed by atoms with Gasteiger partial charge in [0.1, 0.15) is 0 Å². The molecule has 0 radical (unpaired) electrons. The second kappa shape index (κ2) is 8.12. The van der Waals surface area contributed by atoms with Crippen LogP contribution in [0.2, 0.25) is 0 Å². The Hall–Kier alpha value is -4.85. The monoisotopic (exact) mass is 548 g/mol. The second-order valence-corrected chi connectivity index (χ2v) is 12.7. The van der Waals surface area contributed by atoms with Crippen LogP contribution in [-0.4, -0.2) is 0 Å². The van der Waals surface area contributed by atoms with E-state index in [1.807, 2.05) is 11.8 Å². The maximum absolute atomic E-state index is 2.49. The van der Waals surface area contributed by atoms with Gasteiger partial charge in [-0.2, -0.15) is 0 Å². The average Bonchev–Trinajstić information content (AvgIpc) is 3.52. The van der Waals surface area contributed by atoms with Gasteiger partial charge in [-0.25, -0.2) is 0 Å². The lowest BCUT2D eigenvalue weighted by atomic mass is 9.70. The first kappa shape index (κ1) is 22.8. The normalized spacial score (nSPS) is 14.3. The molecule has 0 bridgehead atoms. The summed E-state index contributed by atoms with van der Waals surface area (Å²) in [6, 6.07) is 54.7. The fraction of sp³-hybridized carbons (Fsp3) is 0.0244. The summed E-state index contributed by atoms with van der Waals surface area (Å²) in [7, 11) is 0. The van der Waals surface area contributed by atoms with Gasteiger partial charge in [-0.1, -0.05) is 133 Å². The highest BCUT2D eigenvalue weighted by atomic mass is 32.2. The summed E-state index contributed by atoms with van der Waals surface area (Å²) >= 11 is 1.90. The van der Waals surface area contributed by atoms with E-state index in [0.29, 0.717) is 0 Å². The van der Waals surface area contributed by atoms with E-state index in [4.69, 9.17) is 0 Å². The Morgan fingerprint density at radius 3 is 1.62 bits per heavy atom. The first-order valence-electron chi connectivity index (χ1n) is 14.6. The maximum Gasteiger partial charge on any atom is 0.0725 e. The summed E-state index contributed by atoms with van der Waals surface area (Å²) in [6.45, 7) is 0. The summed E-state index contributed by atoms with van der Waals surface area (Å²) < 4.78 is 0. The molecule has 0 unspecified atom stereocenters.